The monoisotopic (exact) mass is 435 g/mol. The highest BCUT2D eigenvalue weighted by molar-refractivity contribution is 5.99. The number of aliphatic carboxylic acids is 1. The van der Waals surface area contributed by atoms with Crippen LogP contribution in [0.15, 0.2) is 42.6 Å². The highest BCUT2D eigenvalue weighted by atomic mass is 19.1. The number of H-pyrrole nitrogens is 1. The Labute approximate surface area is 185 Å². The van der Waals surface area contributed by atoms with E-state index in [-0.39, 0.29) is 17.7 Å². The van der Waals surface area contributed by atoms with E-state index in [1.165, 1.54) is 17.7 Å². The van der Waals surface area contributed by atoms with Crippen LogP contribution in [0.5, 0.6) is 0 Å². The van der Waals surface area contributed by atoms with Gasteiger partial charge in [0.2, 0.25) is 0 Å². The van der Waals surface area contributed by atoms with E-state index >= 15 is 0 Å². The third-order valence-electron chi connectivity index (χ3n) is 6.67. The van der Waals surface area contributed by atoms with Gasteiger partial charge in [0.05, 0.1) is 23.8 Å². The molecule has 2 N–H and O–H groups in total. The molecule has 2 aromatic carbocycles. The maximum Gasteiger partial charge on any atom is 0.335 e. The Hall–Kier alpha value is -3.19. The summed E-state index contributed by atoms with van der Waals surface area (Å²) < 4.78 is 21.8. The summed E-state index contributed by atoms with van der Waals surface area (Å²) in [5.41, 5.74) is 4.01. The second-order valence-corrected chi connectivity index (χ2v) is 9.17. The van der Waals surface area contributed by atoms with E-state index in [0.717, 1.165) is 33.2 Å². The average Bonchev–Trinajstić information content (AvgIpc) is 3.35. The number of carboxylic acid groups (broad SMARTS) is 1. The van der Waals surface area contributed by atoms with Gasteiger partial charge in [-0.3, -0.25) is 5.10 Å². The predicted molar refractivity (Wildman–Crippen MR) is 121 cm³/mol. The molecule has 7 heteroatoms. The first kappa shape index (κ1) is 20.7. The standard InChI is InChI=1S/C25H26FN3O3/c1-14(2)23-22(15-8-9-25(3,24(30)31)32-13-15)19-11-20-16(12-27-28-20)10-21(19)29(23)18-6-4-17(26)5-7-18/h4-7,10-12,14-15H,8-9,13H2,1-3H3,(H,27,28)(H,30,31)/t15?,25-/m0/s1. The van der Waals surface area contributed by atoms with Gasteiger partial charge in [-0.2, -0.15) is 5.10 Å². The molecule has 1 unspecified atom stereocenters. The number of nitrogens with one attached hydrogen (secondary N) is 1. The summed E-state index contributed by atoms with van der Waals surface area (Å²) in [5.74, 6) is -0.952. The smallest absolute Gasteiger partial charge is 0.335 e. The molecule has 1 fully saturated rings. The van der Waals surface area contributed by atoms with E-state index in [0.29, 0.717) is 19.4 Å². The molecule has 0 bridgehead atoms. The Morgan fingerprint density at radius 2 is 2.06 bits per heavy atom. The molecular weight excluding hydrogens is 409 g/mol. The maximum atomic E-state index is 13.7. The van der Waals surface area contributed by atoms with Crippen LogP contribution < -0.4 is 0 Å². The Morgan fingerprint density at radius 3 is 2.69 bits per heavy atom. The molecule has 3 heterocycles. The lowest BCUT2D eigenvalue weighted by molar-refractivity contribution is -0.170. The SMILES string of the molecule is CC(C)c1c(C2CC[C@@](C)(C(=O)O)OC2)c2cc3[nH]ncc3cc2n1-c1ccc(F)cc1. The molecule has 5 rings (SSSR count). The Morgan fingerprint density at radius 1 is 1.31 bits per heavy atom. The summed E-state index contributed by atoms with van der Waals surface area (Å²) in [5, 5.41) is 18.9. The molecule has 1 saturated heterocycles. The summed E-state index contributed by atoms with van der Waals surface area (Å²) in [6.45, 7) is 6.28. The van der Waals surface area contributed by atoms with Gasteiger partial charge in [0.25, 0.3) is 0 Å². The third-order valence-corrected chi connectivity index (χ3v) is 6.67. The van der Waals surface area contributed by atoms with Crippen molar-refractivity contribution in [3.8, 4) is 5.69 Å². The van der Waals surface area contributed by atoms with Crippen molar-refractivity contribution in [3.05, 3.63) is 59.7 Å². The summed E-state index contributed by atoms with van der Waals surface area (Å²) in [7, 11) is 0. The number of carboxylic acids is 1. The van der Waals surface area contributed by atoms with Crippen LogP contribution in [0.3, 0.4) is 0 Å². The van der Waals surface area contributed by atoms with Crippen LogP contribution in [-0.4, -0.2) is 38.0 Å². The van der Waals surface area contributed by atoms with Crippen molar-refractivity contribution < 1.29 is 19.0 Å². The zero-order chi connectivity index (χ0) is 22.6. The Balaban J connectivity index is 1.75. The second kappa shape index (κ2) is 7.45. The van der Waals surface area contributed by atoms with Gasteiger partial charge in [0.1, 0.15) is 5.82 Å². The molecule has 32 heavy (non-hydrogen) atoms. The lowest BCUT2D eigenvalue weighted by atomic mass is 9.83. The van der Waals surface area contributed by atoms with Crippen LogP contribution in [-0.2, 0) is 9.53 Å². The van der Waals surface area contributed by atoms with Crippen molar-refractivity contribution in [3.63, 3.8) is 0 Å². The second-order valence-electron chi connectivity index (χ2n) is 9.17. The molecule has 166 valence electrons. The van der Waals surface area contributed by atoms with Gasteiger partial charge in [0.15, 0.2) is 5.60 Å². The third kappa shape index (κ3) is 3.19. The van der Waals surface area contributed by atoms with E-state index < -0.39 is 11.6 Å². The summed E-state index contributed by atoms with van der Waals surface area (Å²) in [6.07, 6.45) is 2.96. The number of carbonyl (C=O) groups is 1. The van der Waals surface area contributed by atoms with E-state index in [1.54, 1.807) is 25.3 Å². The number of nitrogens with zero attached hydrogens (tertiary/aromatic N) is 2. The normalized spacial score (nSPS) is 21.6. The van der Waals surface area contributed by atoms with E-state index in [4.69, 9.17) is 4.74 Å². The van der Waals surface area contributed by atoms with Gasteiger partial charge in [-0.1, -0.05) is 13.8 Å². The number of hydrogen-bond acceptors (Lipinski definition) is 3. The van der Waals surface area contributed by atoms with E-state index in [9.17, 15) is 14.3 Å². The van der Waals surface area contributed by atoms with Crippen molar-refractivity contribution in [1.29, 1.82) is 0 Å². The number of benzene rings is 2. The number of hydrogen-bond donors (Lipinski definition) is 2. The molecule has 0 amide bonds. The maximum absolute atomic E-state index is 13.7. The minimum Gasteiger partial charge on any atom is -0.479 e. The van der Waals surface area contributed by atoms with Gasteiger partial charge in [0, 0.05) is 28.1 Å². The quantitative estimate of drug-likeness (QED) is 0.443. The van der Waals surface area contributed by atoms with Gasteiger partial charge in [-0.25, -0.2) is 9.18 Å². The lowest BCUT2D eigenvalue weighted by Gasteiger charge is -2.35. The Bertz CT molecular complexity index is 1310. The van der Waals surface area contributed by atoms with Crippen LogP contribution in [0.4, 0.5) is 4.39 Å². The molecule has 2 aromatic heterocycles. The molecule has 1 aliphatic rings. The first-order chi connectivity index (χ1) is 15.3. The van der Waals surface area contributed by atoms with Crippen LogP contribution in [0.1, 0.15) is 56.7 Å². The summed E-state index contributed by atoms with van der Waals surface area (Å²) in [4.78, 5) is 11.7. The van der Waals surface area contributed by atoms with Gasteiger partial charge in [-0.05, 0) is 67.6 Å². The number of halogens is 1. The molecule has 2 atom stereocenters. The van der Waals surface area contributed by atoms with Crippen LogP contribution in [0.2, 0.25) is 0 Å². The largest absolute Gasteiger partial charge is 0.479 e. The predicted octanol–water partition coefficient (Wildman–Crippen LogP) is 5.51. The number of ether oxygens (including phenoxy) is 1. The molecule has 0 spiro atoms. The molecule has 0 saturated carbocycles. The van der Waals surface area contributed by atoms with Gasteiger partial charge >= 0.3 is 5.97 Å². The number of aromatic amines is 1. The number of fused-ring (bicyclic) bond motifs is 2. The first-order valence-electron chi connectivity index (χ1n) is 10.9. The first-order valence-corrected chi connectivity index (χ1v) is 10.9. The highest BCUT2D eigenvalue weighted by Gasteiger charge is 2.40. The van der Waals surface area contributed by atoms with Crippen LogP contribution >= 0.6 is 0 Å². The number of aromatic nitrogens is 3. The van der Waals surface area contributed by atoms with Crippen molar-refractivity contribution in [2.45, 2.75) is 51.0 Å². The van der Waals surface area contributed by atoms with Crippen LogP contribution in [0, 0.1) is 5.82 Å². The Kier molecular flexibility index (Phi) is 4.82. The molecule has 6 nitrogen and oxygen atoms in total. The fourth-order valence-corrected chi connectivity index (χ4v) is 4.92. The van der Waals surface area contributed by atoms with Crippen molar-refractivity contribution in [1.82, 2.24) is 14.8 Å². The van der Waals surface area contributed by atoms with Crippen LogP contribution in [0.25, 0.3) is 27.5 Å². The summed E-state index contributed by atoms with van der Waals surface area (Å²) >= 11 is 0. The van der Waals surface area contributed by atoms with Gasteiger partial charge < -0.3 is 14.4 Å². The van der Waals surface area contributed by atoms with E-state index in [1.807, 2.05) is 0 Å². The van der Waals surface area contributed by atoms with E-state index in [2.05, 4.69) is 40.7 Å². The average molecular weight is 435 g/mol. The minimum atomic E-state index is -1.15. The van der Waals surface area contributed by atoms with Crippen molar-refractivity contribution >= 4 is 27.8 Å². The van der Waals surface area contributed by atoms with Gasteiger partial charge in [-0.15, -0.1) is 0 Å². The molecule has 0 aliphatic carbocycles. The fraction of sp³-hybridized carbons (Fsp3) is 0.360. The fourth-order valence-electron chi connectivity index (χ4n) is 4.92. The zero-order valence-corrected chi connectivity index (χ0v) is 18.4. The van der Waals surface area contributed by atoms with Crippen molar-refractivity contribution in [2.75, 3.05) is 6.61 Å². The zero-order valence-electron chi connectivity index (χ0n) is 18.4. The topological polar surface area (TPSA) is 80.1 Å². The lowest BCUT2D eigenvalue weighted by Crippen LogP contribution is -2.43. The molecule has 1 aliphatic heterocycles. The summed E-state index contributed by atoms with van der Waals surface area (Å²) in [6, 6.07) is 10.8. The highest BCUT2D eigenvalue weighted by Crippen LogP contribution is 2.44. The molecule has 0 radical (unpaired) electrons. The number of rotatable bonds is 4. The minimum absolute atomic E-state index is 0.0596. The van der Waals surface area contributed by atoms with Crippen molar-refractivity contribution in [2.24, 2.45) is 0 Å². The molecular formula is C25H26FN3O3. The molecule has 4 aromatic rings.